The van der Waals surface area contributed by atoms with Gasteiger partial charge in [-0.2, -0.15) is 0 Å². The number of nitrogens with one attached hydrogen (secondary N) is 2. The van der Waals surface area contributed by atoms with E-state index in [-0.39, 0.29) is 18.7 Å². The van der Waals surface area contributed by atoms with E-state index in [4.69, 9.17) is 9.84 Å². The van der Waals surface area contributed by atoms with E-state index >= 15 is 0 Å². The van der Waals surface area contributed by atoms with Gasteiger partial charge in [0.15, 0.2) is 0 Å². The van der Waals surface area contributed by atoms with Gasteiger partial charge in [0, 0.05) is 6.54 Å². The Morgan fingerprint density at radius 1 is 1.16 bits per heavy atom. The number of aliphatic hydroxyl groups excluding tert-OH is 1. The molecule has 134 valence electrons. The van der Waals surface area contributed by atoms with Gasteiger partial charge in [0.05, 0.1) is 19.3 Å². The van der Waals surface area contributed by atoms with Crippen LogP contribution in [0.3, 0.4) is 0 Å². The van der Waals surface area contributed by atoms with Crippen LogP contribution < -0.4 is 15.4 Å². The Bertz CT molecular complexity index is 671. The number of aliphatic hydroxyl groups is 1. The molecule has 25 heavy (non-hydrogen) atoms. The Kier molecular flexibility index (Phi) is 7.29. The van der Waals surface area contributed by atoms with Crippen LogP contribution >= 0.6 is 0 Å². The van der Waals surface area contributed by atoms with Gasteiger partial charge in [-0.05, 0) is 49.1 Å². The zero-order valence-electron chi connectivity index (χ0n) is 14.8. The summed E-state index contributed by atoms with van der Waals surface area (Å²) in [6.07, 6.45) is 0.743. The molecule has 2 aromatic rings. The maximum atomic E-state index is 12.0. The van der Waals surface area contributed by atoms with Crippen LogP contribution in [-0.2, 0) is 13.0 Å². The van der Waals surface area contributed by atoms with Gasteiger partial charge < -0.3 is 20.5 Å². The second-order valence-electron chi connectivity index (χ2n) is 5.85. The number of hydrogen-bond acceptors (Lipinski definition) is 3. The maximum Gasteiger partial charge on any atom is 0.315 e. The molecule has 0 spiro atoms. The minimum Gasteiger partial charge on any atom is -0.494 e. The number of benzene rings is 2. The van der Waals surface area contributed by atoms with Gasteiger partial charge in [-0.25, -0.2) is 4.79 Å². The normalized spacial score (nSPS) is 11.6. The van der Waals surface area contributed by atoms with Crippen LogP contribution in [0.4, 0.5) is 4.79 Å². The molecule has 2 amide bonds. The summed E-state index contributed by atoms with van der Waals surface area (Å²) in [5.41, 5.74) is 3.01. The SMILES string of the molecule is CCOc1cccc(C(C)NC(=O)NCCc2ccc(CO)cc2)c1. The lowest BCUT2D eigenvalue weighted by molar-refractivity contribution is 0.238. The van der Waals surface area contributed by atoms with Crippen LogP contribution in [0.2, 0.25) is 0 Å². The highest BCUT2D eigenvalue weighted by atomic mass is 16.5. The van der Waals surface area contributed by atoms with Crippen molar-refractivity contribution in [2.45, 2.75) is 32.9 Å². The third-order valence-electron chi connectivity index (χ3n) is 3.92. The van der Waals surface area contributed by atoms with Gasteiger partial charge in [-0.15, -0.1) is 0 Å². The first-order valence-corrected chi connectivity index (χ1v) is 8.58. The Morgan fingerprint density at radius 3 is 2.56 bits per heavy atom. The summed E-state index contributed by atoms with van der Waals surface area (Å²) < 4.78 is 5.49. The summed E-state index contributed by atoms with van der Waals surface area (Å²) in [6, 6.07) is 15.2. The lowest BCUT2D eigenvalue weighted by Crippen LogP contribution is -2.38. The van der Waals surface area contributed by atoms with Crippen LogP contribution in [-0.4, -0.2) is 24.3 Å². The summed E-state index contributed by atoms with van der Waals surface area (Å²) in [5, 5.41) is 14.8. The number of carbonyl (C=O) groups excluding carboxylic acids is 1. The molecule has 0 saturated heterocycles. The summed E-state index contributed by atoms with van der Waals surface area (Å²) >= 11 is 0. The van der Waals surface area contributed by atoms with Gasteiger partial charge in [-0.1, -0.05) is 36.4 Å². The van der Waals surface area contributed by atoms with Gasteiger partial charge >= 0.3 is 6.03 Å². The Morgan fingerprint density at radius 2 is 1.88 bits per heavy atom. The molecule has 3 N–H and O–H groups in total. The maximum absolute atomic E-state index is 12.0. The van der Waals surface area contributed by atoms with Crippen LogP contribution in [0.1, 0.15) is 36.6 Å². The number of hydrogen-bond donors (Lipinski definition) is 3. The molecule has 0 fully saturated rings. The van der Waals surface area contributed by atoms with Crippen molar-refractivity contribution in [2.75, 3.05) is 13.2 Å². The van der Waals surface area contributed by atoms with E-state index in [0.29, 0.717) is 13.2 Å². The number of rotatable bonds is 8. The molecule has 0 aliphatic rings. The fourth-order valence-corrected chi connectivity index (χ4v) is 2.50. The molecule has 0 aromatic heterocycles. The molecular weight excluding hydrogens is 316 g/mol. The molecular formula is C20H26N2O3. The minimum atomic E-state index is -0.193. The van der Waals surface area contributed by atoms with E-state index in [1.54, 1.807) is 0 Å². The summed E-state index contributed by atoms with van der Waals surface area (Å²) in [6.45, 7) is 5.10. The first-order valence-electron chi connectivity index (χ1n) is 8.58. The molecule has 0 saturated carbocycles. The molecule has 0 aliphatic heterocycles. The molecule has 2 aromatic carbocycles. The van der Waals surface area contributed by atoms with E-state index < -0.39 is 0 Å². The molecule has 2 rings (SSSR count). The van der Waals surface area contributed by atoms with Crippen molar-refractivity contribution in [3.63, 3.8) is 0 Å². The fourth-order valence-electron chi connectivity index (χ4n) is 2.50. The lowest BCUT2D eigenvalue weighted by atomic mass is 10.1. The average molecular weight is 342 g/mol. The van der Waals surface area contributed by atoms with E-state index in [1.807, 2.05) is 62.4 Å². The van der Waals surface area contributed by atoms with Gasteiger partial charge in [-0.3, -0.25) is 0 Å². The molecule has 1 atom stereocenters. The first-order chi connectivity index (χ1) is 12.1. The van der Waals surface area contributed by atoms with Crippen molar-refractivity contribution >= 4 is 6.03 Å². The van der Waals surface area contributed by atoms with E-state index in [9.17, 15) is 4.79 Å². The van der Waals surface area contributed by atoms with Gasteiger partial charge in [0.25, 0.3) is 0 Å². The van der Waals surface area contributed by atoms with Crippen molar-refractivity contribution in [3.05, 3.63) is 65.2 Å². The first kappa shape index (κ1) is 18.8. The van der Waals surface area contributed by atoms with E-state index in [2.05, 4.69) is 10.6 Å². The van der Waals surface area contributed by atoms with Crippen molar-refractivity contribution in [1.82, 2.24) is 10.6 Å². The van der Waals surface area contributed by atoms with Crippen molar-refractivity contribution in [3.8, 4) is 5.75 Å². The standard InChI is InChI=1S/C20H26N2O3/c1-3-25-19-6-4-5-18(13-19)15(2)22-20(24)21-12-11-16-7-9-17(14-23)10-8-16/h4-10,13,15,23H,3,11-12,14H2,1-2H3,(H2,21,22,24). The minimum absolute atomic E-state index is 0.0450. The van der Waals surface area contributed by atoms with Crippen LogP contribution in [0.25, 0.3) is 0 Å². The zero-order chi connectivity index (χ0) is 18.1. The molecule has 5 heteroatoms. The molecule has 0 radical (unpaired) electrons. The van der Waals surface area contributed by atoms with Crippen molar-refractivity contribution in [2.24, 2.45) is 0 Å². The second-order valence-corrected chi connectivity index (χ2v) is 5.85. The second kappa shape index (κ2) is 9.69. The van der Waals surface area contributed by atoms with E-state index in [0.717, 1.165) is 28.9 Å². The van der Waals surface area contributed by atoms with Crippen LogP contribution in [0, 0.1) is 0 Å². The summed E-state index contributed by atoms with van der Waals surface area (Å²) in [7, 11) is 0. The molecule has 5 nitrogen and oxygen atoms in total. The third-order valence-corrected chi connectivity index (χ3v) is 3.92. The molecule has 0 bridgehead atoms. The number of ether oxygens (including phenoxy) is 1. The number of amides is 2. The van der Waals surface area contributed by atoms with Crippen LogP contribution in [0.5, 0.6) is 5.75 Å². The predicted molar refractivity (Wildman–Crippen MR) is 98.6 cm³/mol. The monoisotopic (exact) mass is 342 g/mol. The Balaban J connectivity index is 1.78. The van der Waals surface area contributed by atoms with Gasteiger partial charge in [0.2, 0.25) is 0 Å². The highest BCUT2D eigenvalue weighted by Crippen LogP contribution is 2.19. The quantitative estimate of drug-likeness (QED) is 0.690. The topological polar surface area (TPSA) is 70.6 Å². The van der Waals surface area contributed by atoms with Crippen LogP contribution in [0.15, 0.2) is 48.5 Å². The average Bonchev–Trinajstić information content (AvgIpc) is 2.63. The van der Waals surface area contributed by atoms with Crippen molar-refractivity contribution < 1.29 is 14.6 Å². The fraction of sp³-hybridized carbons (Fsp3) is 0.350. The molecule has 0 aliphatic carbocycles. The van der Waals surface area contributed by atoms with Gasteiger partial charge in [0.1, 0.15) is 5.75 Å². The Labute approximate surface area is 149 Å². The lowest BCUT2D eigenvalue weighted by Gasteiger charge is -2.16. The Hall–Kier alpha value is -2.53. The zero-order valence-corrected chi connectivity index (χ0v) is 14.8. The van der Waals surface area contributed by atoms with Crippen molar-refractivity contribution in [1.29, 1.82) is 0 Å². The summed E-state index contributed by atoms with van der Waals surface area (Å²) in [4.78, 5) is 12.0. The molecule has 0 heterocycles. The van der Waals surface area contributed by atoms with E-state index in [1.165, 1.54) is 0 Å². The highest BCUT2D eigenvalue weighted by Gasteiger charge is 2.10. The highest BCUT2D eigenvalue weighted by molar-refractivity contribution is 5.74. The largest absolute Gasteiger partial charge is 0.494 e. The third kappa shape index (κ3) is 6.12. The molecule has 1 unspecified atom stereocenters. The number of carbonyl (C=O) groups is 1. The smallest absolute Gasteiger partial charge is 0.315 e. The summed E-state index contributed by atoms with van der Waals surface area (Å²) in [5.74, 6) is 0.806. The number of urea groups is 1. The predicted octanol–water partition coefficient (Wildman–Crippen LogP) is 3.18.